The number of halogens is 2. The largest absolute Gasteiger partial charge is 0.504 e. The van der Waals surface area contributed by atoms with Crippen LogP contribution in [-0.2, 0) is 0 Å². The van der Waals surface area contributed by atoms with Crippen LogP contribution in [-0.4, -0.2) is 23.8 Å². The summed E-state index contributed by atoms with van der Waals surface area (Å²) in [5.74, 6) is -0.260. The van der Waals surface area contributed by atoms with E-state index in [1.54, 1.807) is 13.1 Å². The summed E-state index contributed by atoms with van der Waals surface area (Å²) in [6, 6.07) is 4.42. The second kappa shape index (κ2) is 7.59. The van der Waals surface area contributed by atoms with Crippen LogP contribution in [0.3, 0.4) is 0 Å². The number of phenolic OH excluding ortho intramolecular Hbond substituents is 2. The van der Waals surface area contributed by atoms with Gasteiger partial charge in [-0.05, 0) is 24.7 Å². The van der Waals surface area contributed by atoms with E-state index in [0.29, 0.717) is 6.54 Å². The van der Waals surface area contributed by atoms with Crippen LogP contribution >= 0.6 is 24.8 Å². The second-order valence-electron chi connectivity index (χ2n) is 2.91. The molecule has 1 aromatic carbocycles. The lowest BCUT2D eigenvalue weighted by Crippen LogP contribution is -2.23. The topological polar surface area (TPSA) is 78.5 Å². The number of nitrogens with two attached hydrogens (primary N) is 1. The fraction of sp³-hybridized carbons (Fsp3) is 0.333. The van der Waals surface area contributed by atoms with Crippen molar-refractivity contribution in [3.8, 4) is 11.5 Å². The van der Waals surface area contributed by atoms with Crippen molar-refractivity contribution in [1.29, 1.82) is 0 Å². The van der Waals surface area contributed by atoms with Crippen LogP contribution in [0.5, 0.6) is 11.5 Å². The summed E-state index contributed by atoms with van der Waals surface area (Å²) in [5, 5.41) is 21.2. The van der Waals surface area contributed by atoms with Gasteiger partial charge in [-0.3, -0.25) is 0 Å². The lowest BCUT2D eigenvalue weighted by atomic mass is 10.1. The minimum Gasteiger partial charge on any atom is -0.504 e. The molecule has 0 heterocycles. The Kier molecular flexibility index (Phi) is 8.47. The SMILES string of the molecule is CNCC(N)c1ccc(O)c(O)c1.Cl.Cl. The maximum absolute atomic E-state index is 9.19. The van der Waals surface area contributed by atoms with Crippen molar-refractivity contribution in [2.45, 2.75) is 6.04 Å². The Bertz CT molecular complexity index is 297. The molecule has 0 saturated carbocycles. The van der Waals surface area contributed by atoms with Gasteiger partial charge in [-0.15, -0.1) is 24.8 Å². The molecule has 15 heavy (non-hydrogen) atoms. The van der Waals surface area contributed by atoms with Crippen molar-refractivity contribution in [1.82, 2.24) is 5.32 Å². The van der Waals surface area contributed by atoms with Gasteiger partial charge >= 0.3 is 0 Å². The van der Waals surface area contributed by atoms with Crippen LogP contribution in [0.15, 0.2) is 18.2 Å². The number of hydrogen-bond donors (Lipinski definition) is 4. The molecule has 0 aromatic heterocycles. The molecule has 0 aliphatic heterocycles. The predicted molar refractivity (Wildman–Crippen MR) is 65.1 cm³/mol. The minimum absolute atomic E-state index is 0. The third-order valence-corrected chi connectivity index (χ3v) is 1.85. The monoisotopic (exact) mass is 254 g/mol. The van der Waals surface area contributed by atoms with Gasteiger partial charge in [-0.1, -0.05) is 6.07 Å². The highest BCUT2D eigenvalue weighted by molar-refractivity contribution is 5.85. The first-order chi connectivity index (χ1) is 6.15. The molecule has 0 fully saturated rings. The molecule has 0 radical (unpaired) electrons. The lowest BCUT2D eigenvalue weighted by molar-refractivity contribution is 0.402. The standard InChI is InChI=1S/C9H14N2O2.2ClH/c1-11-5-7(10)6-2-3-8(12)9(13)4-6;;/h2-4,7,11-13H,5,10H2,1H3;2*1H. The van der Waals surface area contributed by atoms with Crippen LogP contribution in [0, 0.1) is 0 Å². The minimum atomic E-state index is -0.170. The molecule has 0 bridgehead atoms. The van der Waals surface area contributed by atoms with Gasteiger partial charge in [0.15, 0.2) is 11.5 Å². The second-order valence-corrected chi connectivity index (χ2v) is 2.91. The molecule has 0 saturated heterocycles. The van der Waals surface area contributed by atoms with Crippen molar-refractivity contribution >= 4 is 24.8 Å². The van der Waals surface area contributed by atoms with E-state index in [4.69, 9.17) is 10.8 Å². The van der Waals surface area contributed by atoms with E-state index in [9.17, 15) is 5.11 Å². The quantitative estimate of drug-likeness (QED) is 0.611. The molecule has 88 valence electrons. The van der Waals surface area contributed by atoms with E-state index in [1.807, 2.05) is 0 Å². The average molecular weight is 255 g/mol. The summed E-state index contributed by atoms with van der Waals surface area (Å²) in [6.07, 6.45) is 0. The summed E-state index contributed by atoms with van der Waals surface area (Å²) in [6.45, 7) is 0.629. The third-order valence-electron chi connectivity index (χ3n) is 1.85. The first kappa shape index (κ1) is 16.7. The summed E-state index contributed by atoms with van der Waals surface area (Å²) < 4.78 is 0. The zero-order chi connectivity index (χ0) is 9.84. The van der Waals surface area contributed by atoms with Crippen molar-refractivity contribution in [3.05, 3.63) is 23.8 Å². The molecular weight excluding hydrogens is 239 g/mol. The van der Waals surface area contributed by atoms with Gasteiger partial charge in [0.05, 0.1) is 0 Å². The van der Waals surface area contributed by atoms with Gasteiger partial charge in [0.2, 0.25) is 0 Å². The molecule has 5 N–H and O–H groups in total. The molecule has 1 rings (SSSR count). The molecule has 0 spiro atoms. The van der Waals surface area contributed by atoms with E-state index in [2.05, 4.69) is 5.32 Å². The fourth-order valence-electron chi connectivity index (χ4n) is 1.11. The van der Waals surface area contributed by atoms with E-state index in [-0.39, 0.29) is 42.4 Å². The normalized spacial score (nSPS) is 11.1. The first-order valence-corrected chi connectivity index (χ1v) is 4.07. The molecular formula is C9H16Cl2N2O2. The first-order valence-electron chi connectivity index (χ1n) is 4.07. The number of hydrogen-bond acceptors (Lipinski definition) is 4. The van der Waals surface area contributed by atoms with E-state index >= 15 is 0 Å². The van der Waals surface area contributed by atoms with E-state index in [0.717, 1.165) is 5.56 Å². The number of rotatable bonds is 3. The van der Waals surface area contributed by atoms with Gasteiger partial charge in [0.1, 0.15) is 0 Å². The number of benzene rings is 1. The fourth-order valence-corrected chi connectivity index (χ4v) is 1.11. The Morgan fingerprint density at radius 3 is 2.33 bits per heavy atom. The Morgan fingerprint density at radius 2 is 1.87 bits per heavy atom. The van der Waals surface area contributed by atoms with E-state index in [1.165, 1.54) is 12.1 Å². The van der Waals surface area contributed by atoms with Gasteiger partial charge in [-0.2, -0.15) is 0 Å². The lowest BCUT2D eigenvalue weighted by Gasteiger charge is -2.11. The van der Waals surface area contributed by atoms with Crippen LogP contribution < -0.4 is 11.1 Å². The highest BCUT2D eigenvalue weighted by Gasteiger charge is 2.07. The summed E-state index contributed by atoms with van der Waals surface area (Å²) in [4.78, 5) is 0. The van der Waals surface area contributed by atoms with E-state index < -0.39 is 0 Å². The van der Waals surface area contributed by atoms with Gasteiger partial charge in [0.25, 0.3) is 0 Å². The average Bonchev–Trinajstić information content (AvgIpc) is 2.10. The van der Waals surface area contributed by atoms with Crippen molar-refractivity contribution in [2.24, 2.45) is 5.73 Å². The Labute approximate surface area is 101 Å². The molecule has 4 nitrogen and oxygen atoms in total. The third kappa shape index (κ3) is 4.57. The Morgan fingerprint density at radius 1 is 1.27 bits per heavy atom. The number of phenols is 2. The molecule has 0 amide bonds. The number of nitrogens with one attached hydrogen (secondary N) is 1. The molecule has 1 aromatic rings. The number of aromatic hydroxyl groups is 2. The summed E-state index contributed by atoms with van der Waals surface area (Å²) in [5.41, 5.74) is 6.57. The van der Waals surface area contributed by atoms with Crippen molar-refractivity contribution in [2.75, 3.05) is 13.6 Å². The van der Waals surface area contributed by atoms with Gasteiger partial charge < -0.3 is 21.3 Å². The smallest absolute Gasteiger partial charge is 0.157 e. The predicted octanol–water partition coefficient (Wildman–Crippen LogP) is 1.16. The van der Waals surface area contributed by atoms with Crippen LogP contribution in [0.1, 0.15) is 11.6 Å². The molecule has 0 aliphatic rings. The molecule has 1 atom stereocenters. The molecule has 0 aliphatic carbocycles. The van der Waals surface area contributed by atoms with Crippen molar-refractivity contribution < 1.29 is 10.2 Å². The number of likely N-dealkylation sites (N-methyl/N-ethyl adjacent to an activating group) is 1. The Balaban J connectivity index is 0. The maximum Gasteiger partial charge on any atom is 0.157 e. The Hall–Kier alpha value is -0.680. The van der Waals surface area contributed by atoms with Gasteiger partial charge in [-0.25, -0.2) is 0 Å². The highest BCUT2D eigenvalue weighted by atomic mass is 35.5. The van der Waals surface area contributed by atoms with Crippen LogP contribution in [0.25, 0.3) is 0 Å². The molecule has 6 heteroatoms. The molecule has 1 unspecified atom stereocenters. The van der Waals surface area contributed by atoms with Gasteiger partial charge in [0, 0.05) is 12.6 Å². The zero-order valence-electron chi connectivity index (χ0n) is 8.30. The van der Waals surface area contributed by atoms with Crippen molar-refractivity contribution in [3.63, 3.8) is 0 Å². The highest BCUT2D eigenvalue weighted by Crippen LogP contribution is 2.26. The zero-order valence-corrected chi connectivity index (χ0v) is 9.94. The summed E-state index contributed by atoms with van der Waals surface area (Å²) >= 11 is 0. The maximum atomic E-state index is 9.19. The summed E-state index contributed by atoms with van der Waals surface area (Å²) in [7, 11) is 1.81. The van der Waals surface area contributed by atoms with Crippen LogP contribution in [0.2, 0.25) is 0 Å². The van der Waals surface area contributed by atoms with Crippen LogP contribution in [0.4, 0.5) is 0 Å².